The molecule has 18 heavy (non-hydrogen) atoms. The lowest BCUT2D eigenvalue weighted by atomic mass is 10.1. The molecular weight excluding hydrogens is 226 g/mol. The smallest absolute Gasteiger partial charge is 0.113 e. The first-order valence-electron chi connectivity index (χ1n) is 6.32. The summed E-state index contributed by atoms with van der Waals surface area (Å²) < 4.78 is 5.27. The van der Waals surface area contributed by atoms with Gasteiger partial charge in [-0.05, 0) is 24.5 Å². The van der Waals surface area contributed by atoms with Crippen LogP contribution in [-0.2, 0) is 11.2 Å². The predicted molar refractivity (Wildman–Crippen MR) is 71.1 cm³/mol. The van der Waals surface area contributed by atoms with Crippen LogP contribution in [0.5, 0.6) is 0 Å². The van der Waals surface area contributed by atoms with Crippen LogP contribution in [-0.4, -0.2) is 25.8 Å². The molecule has 96 valence electrons. The number of hydrazine groups is 1. The zero-order valence-corrected chi connectivity index (χ0v) is 10.9. The molecule has 1 aliphatic rings. The zero-order valence-electron chi connectivity index (χ0n) is 10.9. The van der Waals surface area contributed by atoms with Crippen LogP contribution >= 0.6 is 0 Å². The molecule has 0 unspecified atom stereocenters. The number of ether oxygens (including phenoxy) is 1. The van der Waals surface area contributed by atoms with Crippen LogP contribution in [0.25, 0.3) is 0 Å². The van der Waals surface area contributed by atoms with E-state index in [1.54, 1.807) is 7.11 Å². The Labute approximate surface area is 108 Å². The summed E-state index contributed by atoms with van der Waals surface area (Å²) in [6, 6.07) is 10.7. The summed E-state index contributed by atoms with van der Waals surface area (Å²) in [4.78, 5) is 0. The number of anilines is 1. The van der Waals surface area contributed by atoms with Crippen molar-refractivity contribution in [1.82, 2.24) is 5.43 Å². The summed E-state index contributed by atoms with van der Waals surface area (Å²) in [7, 11) is 1.71. The number of nitrogens with one attached hydrogen (secondary N) is 1. The van der Waals surface area contributed by atoms with Crippen molar-refractivity contribution in [2.24, 2.45) is 0 Å². The topological polar surface area (TPSA) is 48.3 Å². The minimum absolute atomic E-state index is 0.157. The van der Waals surface area contributed by atoms with Crippen molar-refractivity contribution >= 4 is 5.69 Å². The number of benzene rings is 1. The quantitative estimate of drug-likeness (QED) is 0.860. The largest absolute Gasteiger partial charge is 0.382 e. The molecule has 0 saturated carbocycles. The minimum atomic E-state index is -0.157. The Hall–Kier alpha value is -1.57. The summed E-state index contributed by atoms with van der Waals surface area (Å²) >= 11 is 0. The van der Waals surface area contributed by atoms with Gasteiger partial charge in [0.05, 0.1) is 24.4 Å². The van der Waals surface area contributed by atoms with E-state index in [2.05, 4.69) is 28.6 Å². The second-order valence-electron chi connectivity index (χ2n) is 4.53. The molecule has 2 rings (SSSR count). The van der Waals surface area contributed by atoms with Crippen LogP contribution < -0.4 is 10.4 Å². The van der Waals surface area contributed by atoms with Gasteiger partial charge in [0.25, 0.3) is 0 Å². The summed E-state index contributed by atoms with van der Waals surface area (Å²) in [6.07, 6.45) is 1.74. The third-order valence-corrected chi connectivity index (χ3v) is 3.29. The van der Waals surface area contributed by atoms with Gasteiger partial charge in [-0.1, -0.05) is 25.1 Å². The molecule has 0 aliphatic carbocycles. The molecule has 0 fully saturated rings. The first-order chi connectivity index (χ1) is 8.80. The molecule has 0 bridgehead atoms. The molecule has 1 aromatic rings. The van der Waals surface area contributed by atoms with Gasteiger partial charge >= 0.3 is 0 Å². The Kier molecular flexibility index (Phi) is 4.19. The van der Waals surface area contributed by atoms with Gasteiger partial charge in [-0.15, -0.1) is 0 Å². The Morgan fingerprint density at radius 1 is 1.56 bits per heavy atom. The van der Waals surface area contributed by atoms with Gasteiger partial charge in [0.2, 0.25) is 0 Å². The molecular formula is C14H19N3O. The molecule has 0 amide bonds. The molecule has 1 heterocycles. The third kappa shape index (κ3) is 2.47. The fraction of sp³-hybridized carbons (Fsp3) is 0.500. The van der Waals surface area contributed by atoms with Crippen molar-refractivity contribution in [3.8, 4) is 6.07 Å². The van der Waals surface area contributed by atoms with E-state index < -0.39 is 0 Å². The van der Waals surface area contributed by atoms with Crippen molar-refractivity contribution < 1.29 is 4.74 Å². The molecule has 1 aliphatic heterocycles. The van der Waals surface area contributed by atoms with Crippen LogP contribution in [0.1, 0.15) is 18.9 Å². The summed E-state index contributed by atoms with van der Waals surface area (Å²) in [5.74, 6) is 0. The Bertz CT molecular complexity index is 441. The highest BCUT2D eigenvalue weighted by molar-refractivity contribution is 5.58. The number of nitriles is 1. The van der Waals surface area contributed by atoms with E-state index in [1.165, 1.54) is 5.56 Å². The highest BCUT2D eigenvalue weighted by atomic mass is 16.5. The van der Waals surface area contributed by atoms with E-state index >= 15 is 0 Å². The number of rotatable bonds is 5. The Morgan fingerprint density at radius 2 is 2.33 bits per heavy atom. The first kappa shape index (κ1) is 12.9. The maximum absolute atomic E-state index is 9.08. The fourth-order valence-electron chi connectivity index (χ4n) is 2.34. The maximum Gasteiger partial charge on any atom is 0.113 e. The Balaban J connectivity index is 2.20. The van der Waals surface area contributed by atoms with Crippen molar-refractivity contribution in [3.63, 3.8) is 0 Å². The van der Waals surface area contributed by atoms with E-state index in [0.717, 1.165) is 18.5 Å². The average molecular weight is 245 g/mol. The standard InChI is InChI=1S/C14H19N3O/c1-3-12(9-15)16-17-13(10-18-2)8-11-6-4-5-7-14(11)17/h4-7,12-13,16H,3,8,10H2,1-2H3/t12-,13+/m1/s1. The monoisotopic (exact) mass is 245 g/mol. The van der Waals surface area contributed by atoms with Gasteiger partial charge < -0.3 is 9.75 Å². The minimum Gasteiger partial charge on any atom is -0.382 e. The van der Waals surface area contributed by atoms with Crippen molar-refractivity contribution in [2.45, 2.75) is 31.8 Å². The third-order valence-electron chi connectivity index (χ3n) is 3.29. The SMILES string of the molecule is CC[C@H](C#N)NN1c2ccccc2C[C@H]1COC. The van der Waals surface area contributed by atoms with Gasteiger partial charge in [0.15, 0.2) is 0 Å². The fourth-order valence-corrected chi connectivity index (χ4v) is 2.34. The van der Waals surface area contributed by atoms with Gasteiger partial charge in [-0.3, -0.25) is 0 Å². The normalized spacial score (nSPS) is 19.4. The first-order valence-corrected chi connectivity index (χ1v) is 6.32. The van der Waals surface area contributed by atoms with Crippen molar-refractivity contribution in [2.75, 3.05) is 18.7 Å². The number of hydrogen-bond acceptors (Lipinski definition) is 4. The number of hydrogen-bond donors (Lipinski definition) is 1. The molecule has 1 N–H and O–H groups in total. The molecule has 4 heteroatoms. The number of fused-ring (bicyclic) bond motifs is 1. The van der Waals surface area contributed by atoms with E-state index in [1.807, 2.05) is 19.1 Å². The lowest BCUT2D eigenvalue weighted by molar-refractivity contribution is 0.174. The molecule has 1 aromatic carbocycles. The highest BCUT2D eigenvalue weighted by Gasteiger charge is 2.30. The lowest BCUT2D eigenvalue weighted by Crippen LogP contribution is -2.50. The molecule has 4 nitrogen and oxygen atoms in total. The maximum atomic E-state index is 9.08. The van der Waals surface area contributed by atoms with Crippen LogP contribution in [0, 0.1) is 11.3 Å². The molecule has 2 atom stereocenters. The number of methoxy groups -OCH3 is 1. The van der Waals surface area contributed by atoms with E-state index in [-0.39, 0.29) is 12.1 Å². The van der Waals surface area contributed by atoms with Gasteiger partial charge in [-0.25, -0.2) is 5.43 Å². The van der Waals surface area contributed by atoms with Crippen LogP contribution in [0.4, 0.5) is 5.69 Å². The van der Waals surface area contributed by atoms with Crippen LogP contribution in [0.2, 0.25) is 0 Å². The van der Waals surface area contributed by atoms with Gasteiger partial charge in [0.1, 0.15) is 6.04 Å². The van der Waals surface area contributed by atoms with Gasteiger partial charge in [-0.2, -0.15) is 5.26 Å². The molecule has 0 aromatic heterocycles. The number of para-hydroxylation sites is 1. The lowest BCUT2D eigenvalue weighted by Gasteiger charge is -2.29. The Morgan fingerprint density at radius 3 is 3.00 bits per heavy atom. The van der Waals surface area contributed by atoms with Crippen LogP contribution in [0.3, 0.4) is 0 Å². The number of nitrogens with zero attached hydrogens (tertiary/aromatic N) is 2. The van der Waals surface area contributed by atoms with E-state index in [0.29, 0.717) is 6.61 Å². The molecule has 0 spiro atoms. The molecule has 0 radical (unpaired) electrons. The van der Waals surface area contributed by atoms with Crippen LogP contribution in [0.15, 0.2) is 24.3 Å². The van der Waals surface area contributed by atoms with E-state index in [9.17, 15) is 0 Å². The second-order valence-corrected chi connectivity index (χ2v) is 4.53. The zero-order chi connectivity index (χ0) is 13.0. The average Bonchev–Trinajstić information content (AvgIpc) is 2.74. The summed E-state index contributed by atoms with van der Waals surface area (Å²) in [5, 5.41) is 11.2. The predicted octanol–water partition coefficient (Wildman–Crippen LogP) is 1.87. The molecule has 0 saturated heterocycles. The van der Waals surface area contributed by atoms with Crippen molar-refractivity contribution in [1.29, 1.82) is 5.26 Å². The summed E-state index contributed by atoms with van der Waals surface area (Å²) in [6.45, 7) is 2.66. The highest BCUT2D eigenvalue weighted by Crippen LogP contribution is 2.30. The summed E-state index contributed by atoms with van der Waals surface area (Å²) in [5.41, 5.74) is 5.76. The van der Waals surface area contributed by atoms with E-state index in [4.69, 9.17) is 10.00 Å². The van der Waals surface area contributed by atoms with Crippen molar-refractivity contribution in [3.05, 3.63) is 29.8 Å². The second kappa shape index (κ2) is 5.85. The van der Waals surface area contributed by atoms with Gasteiger partial charge in [0, 0.05) is 7.11 Å².